The molecule has 24 heavy (non-hydrogen) atoms. The lowest BCUT2D eigenvalue weighted by molar-refractivity contribution is -0.125. The number of amides is 1. The number of sulfone groups is 1. The third-order valence-electron chi connectivity index (χ3n) is 4.97. The number of nitrogens with one attached hydrogen (secondary N) is 2. The fraction of sp³-hybridized carbons (Fsp3) is 0.588. The molecule has 0 aliphatic carbocycles. The maximum Gasteiger partial charge on any atom is 0.241 e. The van der Waals surface area contributed by atoms with E-state index in [2.05, 4.69) is 10.6 Å². The molecule has 1 aliphatic rings. The summed E-state index contributed by atoms with van der Waals surface area (Å²) >= 11 is 0. The Bertz CT molecular complexity index is 643. The Morgan fingerprint density at radius 2 is 1.71 bits per heavy atom. The van der Waals surface area contributed by atoms with Crippen LogP contribution in [0.2, 0.25) is 0 Å². The first-order valence-corrected chi connectivity index (χ1v) is 9.93. The summed E-state index contributed by atoms with van der Waals surface area (Å²) < 4.78 is 23.3. The molecule has 1 saturated heterocycles. The van der Waals surface area contributed by atoms with Crippen molar-refractivity contribution >= 4 is 28.2 Å². The monoisotopic (exact) mass is 374 g/mol. The van der Waals surface area contributed by atoms with Gasteiger partial charge in [0.2, 0.25) is 5.91 Å². The van der Waals surface area contributed by atoms with E-state index >= 15 is 0 Å². The highest BCUT2D eigenvalue weighted by Crippen LogP contribution is 2.29. The van der Waals surface area contributed by atoms with Crippen LogP contribution in [0.3, 0.4) is 0 Å². The third-order valence-corrected chi connectivity index (χ3v) is 6.98. The van der Waals surface area contributed by atoms with Crippen LogP contribution in [0.15, 0.2) is 30.3 Å². The highest BCUT2D eigenvalue weighted by Gasteiger charge is 2.49. The molecule has 5 nitrogen and oxygen atoms in total. The molecule has 0 spiro atoms. The molecule has 2 N–H and O–H groups in total. The molecule has 1 amide bonds. The molecule has 0 radical (unpaired) electrons. The van der Waals surface area contributed by atoms with Gasteiger partial charge >= 0.3 is 0 Å². The molecule has 7 heteroatoms. The fourth-order valence-electron chi connectivity index (χ4n) is 3.11. The number of hydrogen-bond acceptors (Lipinski definition) is 4. The Balaban J connectivity index is 0.00000288. The van der Waals surface area contributed by atoms with Crippen molar-refractivity contribution in [3.8, 4) is 0 Å². The van der Waals surface area contributed by atoms with Crippen molar-refractivity contribution in [2.45, 2.75) is 43.4 Å². The molecule has 1 fully saturated rings. The topological polar surface area (TPSA) is 75.3 Å². The van der Waals surface area contributed by atoms with Crippen molar-refractivity contribution in [2.24, 2.45) is 0 Å². The van der Waals surface area contributed by atoms with Gasteiger partial charge in [0.1, 0.15) is 0 Å². The summed E-state index contributed by atoms with van der Waals surface area (Å²) in [6.07, 6.45) is 1.82. The lowest BCUT2D eigenvalue weighted by atomic mass is 9.92. The van der Waals surface area contributed by atoms with Gasteiger partial charge in [0.25, 0.3) is 0 Å². The second-order valence-electron chi connectivity index (χ2n) is 6.48. The summed E-state index contributed by atoms with van der Waals surface area (Å²) in [5.41, 5.74) is 1.12. The average Bonchev–Trinajstić information content (AvgIpc) is 2.54. The zero-order valence-corrected chi connectivity index (χ0v) is 16.0. The quantitative estimate of drug-likeness (QED) is 0.825. The molecule has 1 heterocycles. The summed E-state index contributed by atoms with van der Waals surface area (Å²) in [6.45, 7) is 5.05. The van der Waals surface area contributed by atoms with Gasteiger partial charge in [-0.05, 0) is 38.4 Å². The molecule has 0 bridgehead atoms. The SMILES string of the molecule is CC(NC(=O)C1(S(C)(=O)=O)CCNCC1)C(C)c1ccccc1.Cl. The summed E-state index contributed by atoms with van der Waals surface area (Å²) in [5, 5.41) is 6.07. The second-order valence-corrected chi connectivity index (χ2v) is 8.80. The van der Waals surface area contributed by atoms with Crippen LogP contribution < -0.4 is 10.6 Å². The summed E-state index contributed by atoms with van der Waals surface area (Å²) in [5.74, 6) is -0.254. The second kappa shape index (κ2) is 8.32. The summed E-state index contributed by atoms with van der Waals surface area (Å²) in [7, 11) is -3.47. The van der Waals surface area contributed by atoms with Crippen molar-refractivity contribution in [1.29, 1.82) is 0 Å². The third kappa shape index (κ3) is 4.29. The molecule has 0 aromatic heterocycles. The lowest BCUT2D eigenvalue weighted by Gasteiger charge is -2.36. The van der Waals surface area contributed by atoms with Gasteiger partial charge in [0.05, 0.1) is 0 Å². The van der Waals surface area contributed by atoms with E-state index in [-0.39, 0.29) is 30.3 Å². The first-order chi connectivity index (χ1) is 10.8. The molecule has 136 valence electrons. The van der Waals surface area contributed by atoms with E-state index in [0.29, 0.717) is 25.9 Å². The number of rotatable bonds is 5. The van der Waals surface area contributed by atoms with Crippen LogP contribution in [0, 0.1) is 0 Å². The Hall–Kier alpha value is -1.11. The maximum atomic E-state index is 12.8. The van der Waals surface area contributed by atoms with E-state index in [0.717, 1.165) is 5.56 Å². The van der Waals surface area contributed by atoms with E-state index in [1.54, 1.807) is 0 Å². The predicted octanol–water partition coefficient (Wildman–Crippen LogP) is 1.88. The molecule has 2 unspecified atom stereocenters. The van der Waals surface area contributed by atoms with Gasteiger partial charge in [-0.1, -0.05) is 37.3 Å². The minimum absolute atomic E-state index is 0. The molecule has 1 aliphatic heterocycles. The normalized spacial score (nSPS) is 19.6. The van der Waals surface area contributed by atoms with E-state index in [1.807, 2.05) is 44.2 Å². The molecule has 1 aromatic carbocycles. The molecule has 2 atom stereocenters. The minimum atomic E-state index is -3.47. The summed E-state index contributed by atoms with van der Waals surface area (Å²) in [6, 6.07) is 9.77. The highest BCUT2D eigenvalue weighted by molar-refractivity contribution is 7.92. The average molecular weight is 375 g/mol. The van der Waals surface area contributed by atoms with Gasteiger partial charge in [0.15, 0.2) is 14.6 Å². The van der Waals surface area contributed by atoms with Crippen LogP contribution in [0.25, 0.3) is 0 Å². The largest absolute Gasteiger partial charge is 0.352 e. The number of carbonyl (C=O) groups is 1. The Kier molecular flexibility index (Phi) is 7.25. The maximum absolute atomic E-state index is 12.8. The first-order valence-electron chi connectivity index (χ1n) is 8.04. The first kappa shape index (κ1) is 20.9. The zero-order valence-electron chi connectivity index (χ0n) is 14.4. The number of carbonyl (C=O) groups excluding carboxylic acids is 1. The van der Waals surface area contributed by atoms with Crippen LogP contribution in [0.4, 0.5) is 0 Å². The molecular formula is C17H27ClN2O3S. The number of piperidine rings is 1. The van der Waals surface area contributed by atoms with Gasteiger partial charge in [-0.2, -0.15) is 0 Å². The smallest absolute Gasteiger partial charge is 0.241 e. The molecule has 2 rings (SSSR count). The van der Waals surface area contributed by atoms with Crippen LogP contribution in [0.1, 0.15) is 38.2 Å². The van der Waals surface area contributed by atoms with Gasteiger partial charge in [-0.3, -0.25) is 4.79 Å². The Morgan fingerprint density at radius 1 is 1.17 bits per heavy atom. The van der Waals surface area contributed by atoms with Crippen molar-refractivity contribution in [3.05, 3.63) is 35.9 Å². The van der Waals surface area contributed by atoms with Gasteiger partial charge in [-0.15, -0.1) is 12.4 Å². The van der Waals surface area contributed by atoms with Crippen LogP contribution in [-0.2, 0) is 14.6 Å². The lowest BCUT2D eigenvalue weighted by Crippen LogP contribution is -2.59. The van der Waals surface area contributed by atoms with E-state index in [4.69, 9.17) is 0 Å². The van der Waals surface area contributed by atoms with Gasteiger partial charge in [0, 0.05) is 18.2 Å². The van der Waals surface area contributed by atoms with E-state index < -0.39 is 14.6 Å². The number of benzene rings is 1. The number of hydrogen-bond donors (Lipinski definition) is 2. The van der Waals surface area contributed by atoms with Gasteiger partial charge in [-0.25, -0.2) is 8.42 Å². The highest BCUT2D eigenvalue weighted by atomic mass is 35.5. The van der Waals surface area contributed by atoms with Crippen molar-refractivity contribution in [3.63, 3.8) is 0 Å². The molecule has 1 aromatic rings. The predicted molar refractivity (Wildman–Crippen MR) is 99.4 cm³/mol. The van der Waals surface area contributed by atoms with Crippen molar-refractivity contribution in [1.82, 2.24) is 10.6 Å². The molecular weight excluding hydrogens is 348 g/mol. The zero-order chi connectivity index (χ0) is 17.1. The Labute approximate surface area is 150 Å². The number of halogens is 1. The molecule has 0 saturated carbocycles. The van der Waals surface area contributed by atoms with Gasteiger partial charge < -0.3 is 10.6 Å². The fourth-order valence-corrected chi connectivity index (χ4v) is 4.45. The van der Waals surface area contributed by atoms with Crippen LogP contribution in [-0.4, -0.2) is 44.5 Å². The summed E-state index contributed by atoms with van der Waals surface area (Å²) in [4.78, 5) is 12.8. The van der Waals surface area contributed by atoms with Crippen molar-refractivity contribution in [2.75, 3.05) is 19.3 Å². The van der Waals surface area contributed by atoms with Crippen LogP contribution in [0.5, 0.6) is 0 Å². The van der Waals surface area contributed by atoms with Crippen LogP contribution >= 0.6 is 12.4 Å². The van der Waals surface area contributed by atoms with E-state index in [9.17, 15) is 13.2 Å². The van der Waals surface area contributed by atoms with Crippen molar-refractivity contribution < 1.29 is 13.2 Å². The Morgan fingerprint density at radius 3 is 2.21 bits per heavy atom. The minimum Gasteiger partial charge on any atom is -0.352 e. The van der Waals surface area contributed by atoms with E-state index in [1.165, 1.54) is 6.26 Å². The standard InChI is InChI=1S/C17H26N2O3S.ClH/c1-13(15-7-5-4-6-8-15)14(2)19-16(20)17(23(3,21)22)9-11-18-12-10-17;/h4-8,13-14,18H,9-12H2,1-3H3,(H,19,20);1H.